The molecule has 0 N–H and O–H groups in total. The van der Waals surface area contributed by atoms with Gasteiger partial charge in [-0.3, -0.25) is 0 Å². The summed E-state index contributed by atoms with van der Waals surface area (Å²) in [4.78, 5) is 2.40. The van der Waals surface area contributed by atoms with Crippen LogP contribution >= 0.6 is 23.2 Å². The molecule has 3 aromatic rings. The van der Waals surface area contributed by atoms with Gasteiger partial charge in [0.15, 0.2) is 0 Å². The van der Waals surface area contributed by atoms with Gasteiger partial charge < -0.3 is 9.47 Å². The maximum Gasteiger partial charge on any atom is 0.0481 e. The van der Waals surface area contributed by atoms with Crippen molar-refractivity contribution in [2.75, 3.05) is 18.0 Å². The minimum absolute atomic E-state index is 0.776. The molecule has 3 rings (SSSR count). The van der Waals surface area contributed by atoms with Crippen LogP contribution in [-0.4, -0.2) is 17.7 Å². The van der Waals surface area contributed by atoms with E-state index in [2.05, 4.69) is 46.9 Å². The molecule has 120 valence electrons. The Bertz CT molecular complexity index is 778. The Hall–Kier alpha value is -1.64. The second kappa shape index (κ2) is 7.29. The molecule has 0 atom stereocenters. The van der Waals surface area contributed by atoms with Crippen LogP contribution in [0.4, 0.5) is 5.69 Å². The number of benzene rings is 2. The molecule has 4 heteroatoms. The Kier molecular flexibility index (Phi) is 5.14. The van der Waals surface area contributed by atoms with Crippen LogP contribution in [-0.2, 0) is 6.54 Å². The molecular weight excluding hydrogens is 327 g/mol. The van der Waals surface area contributed by atoms with E-state index in [1.54, 1.807) is 0 Å². The zero-order valence-corrected chi connectivity index (χ0v) is 14.7. The Balaban J connectivity index is 1.76. The zero-order valence-electron chi connectivity index (χ0n) is 13.2. The average molecular weight is 347 g/mol. The predicted octanol–water partition coefficient (Wildman–Crippen LogP) is 5.86. The molecule has 2 aromatic carbocycles. The Morgan fingerprint density at radius 1 is 0.913 bits per heavy atom. The van der Waals surface area contributed by atoms with Crippen molar-refractivity contribution in [3.8, 4) is 0 Å². The summed E-state index contributed by atoms with van der Waals surface area (Å²) in [5, 5.41) is 2.74. The van der Waals surface area contributed by atoms with E-state index in [4.69, 9.17) is 23.2 Å². The standard InChI is InChI=1S/C19H20Cl2N2/c1-2-10-22(18-6-3-16(20)4-7-18)12-13-23-11-9-15-14-17(21)5-8-19(15)23/h3-9,11,14H,2,10,12-13H2,1H3. The molecule has 0 aliphatic carbocycles. The lowest BCUT2D eigenvalue weighted by molar-refractivity contribution is 0.665. The maximum absolute atomic E-state index is 6.06. The van der Waals surface area contributed by atoms with E-state index in [0.29, 0.717) is 0 Å². The predicted molar refractivity (Wildman–Crippen MR) is 101 cm³/mol. The molecule has 0 radical (unpaired) electrons. The van der Waals surface area contributed by atoms with Crippen LogP contribution in [0.2, 0.25) is 10.0 Å². The first kappa shape index (κ1) is 16.2. The molecule has 1 heterocycles. The quantitative estimate of drug-likeness (QED) is 0.542. The summed E-state index contributed by atoms with van der Waals surface area (Å²) in [5.74, 6) is 0. The summed E-state index contributed by atoms with van der Waals surface area (Å²) < 4.78 is 2.28. The van der Waals surface area contributed by atoms with Gasteiger partial charge >= 0.3 is 0 Å². The highest BCUT2D eigenvalue weighted by Crippen LogP contribution is 2.22. The Morgan fingerprint density at radius 3 is 2.39 bits per heavy atom. The molecule has 0 saturated heterocycles. The minimum Gasteiger partial charge on any atom is -0.370 e. The molecule has 23 heavy (non-hydrogen) atoms. The number of fused-ring (bicyclic) bond motifs is 1. The van der Waals surface area contributed by atoms with Crippen LogP contribution in [0.3, 0.4) is 0 Å². The third kappa shape index (κ3) is 3.82. The number of nitrogens with zero attached hydrogens (tertiary/aromatic N) is 2. The number of aromatic nitrogens is 1. The van der Waals surface area contributed by atoms with Gasteiger partial charge in [-0.1, -0.05) is 30.1 Å². The van der Waals surface area contributed by atoms with Crippen LogP contribution in [0.5, 0.6) is 0 Å². The molecule has 0 bridgehead atoms. The topological polar surface area (TPSA) is 8.17 Å². The maximum atomic E-state index is 6.06. The van der Waals surface area contributed by atoms with Crippen molar-refractivity contribution in [2.24, 2.45) is 0 Å². The van der Waals surface area contributed by atoms with Gasteiger partial charge in [-0.25, -0.2) is 0 Å². The largest absolute Gasteiger partial charge is 0.370 e. The fourth-order valence-electron chi connectivity index (χ4n) is 2.89. The lowest BCUT2D eigenvalue weighted by Crippen LogP contribution is -2.28. The SMILES string of the molecule is CCCN(CCn1ccc2cc(Cl)ccc21)c1ccc(Cl)cc1. The summed E-state index contributed by atoms with van der Waals surface area (Å²) in [6.07, 6.45) is 3.25. The van der Waals surface area contributed by atoms with Gasteiger partial charge in [-0.05, 0) is 55.0 Å². The number of halogens is 2. The average Bonchev–Trinajstić information content (AvgIpc) is 2.94. The summed E-state index contributed by atoms with van der Waals surface area (Å²) in [5.41, 5.74) is 2.44. The summed E-state index contributed by atoms with van der Waals surface area (Å²) in [6, 6.07) is 16.2. The number of hydrogen-bond acceptors (Lipinski definition) is 1. The number of hydrogen-bond donors (Lipinski definition) is 0. The van der Waals surface area contributed by atoms with E-state index in [9.17, 15) is 0 Å². The molecule has 0 unspecified atom stereocenters. The number of rotatable bonds is 6. The van der Waals surface area contributed by atoms with E-state index in [-0.39, 0.29) is 0 Å². The van der Waals surface area contributed by atoms with Gasteiger partial charge in [-0.15, -0.1) is 0 Å². The molecule has 0 aliphatic rings. The van der Waals surface area contributed by atoms with E-state index in [1.807, 2.05) is 24.3 Å². The summed E-state index contributed by atoms with van der Waals surface area (Å²) in [6.45, 7) is 5.14. The van der Waals surface area contributed by atoms with E-state index >= 15 is 0 Å². The molecule has 0 spiro atoms. The molecule has 0 amide bonds. The Morgan fingerprint density at radius 2 is 1.65 bits per heavy atom. The van der Waals surface area contributed by atoms with Crippen molar-refractivity contribution in [3.05, 3.63) is 64.8 Å². The number of anilines is 1. The summed E-state index contributed by atoms with van der Waals surface area (Å²) in [7, 11) is 0. The Labute approximate surface area is 147 Å². The summed E-state index contributed by atoms with van der Waals surface area (Å²) >= 11 is 12.1. The highest BCUT2D eigenvalue weighted by atomic mass is 35.5. The minimum atomic E-state index is 0.776. The van der Waals surface area contributed by atoms with Gasteiger partial charge in [0.1, 0.15) is 0 Å². The first-order valence-corrected chi connectivity index (χ1v) is 8.68. The zero-order chi connectivity index (χ0) is 16.2. The molecule has 2 nitrogen and oxygen atoms in total. The molecule has 1 aromatic heterocycles. The van der Waals surface area contributed by atoms with Gasteiger partial charge in [0.05, 0.1) is 0 Å². The third-order valence-electron chi connectivity index (χ3n) is 4.03. The van der Waals surface area contributed by atoms with Crippen LogP contribution in [0.25, 0.3) is 10.9 Å². The normalized spacial score (nSPS) is 11.1. The van der Waals surface area contributed by atoms with Crippen molar-refractivity contribution in [1.29, 1.82) is 0 Å². The van der Waals surface area contributed by atoms with Gasteiger partial charge in [0.25, 0.3) is 0 Å². The molecular formula is C19H20Cl2N2. The van der Waals surface area contributed by atoms with Crippen molar-refractivity contribution in [1.82, 2.24) is 4.57 Å². The van der Waals surface area contributed by atoms with Gasteiger partial charge in [0, 0.05) is 52.5 Å². The van der Waals surface area contributed by atoms with Crippen LogP contribution in [0, 0.1) is 0 Å². The first-order chi connectivity index (χ1) is 11.2. The van der Waals surface area contributed by atoms with Crippen molar-refractivity contribution in [3.63, 3.8) is 0 Å². The lowest BCUT2D eigenvalue weighted by atomic mass is 10.2. The van der Waals surface area contributed by atoms with Crippen LogP contribution < -0.4 is 4.90 Å². The first-order valence-electron chi connectivity index (χ1n) is 7.92. The van der Waals surface area contributed by atoms with Crippen molar-refractivity contribution >= 4 is 39.8 Å². The monoisotopic (exact) mass is 346 g/mol. The second-order valence-electron chi connectivity index (χ2n) is 5.68. The highest BCUT2D eigenvalue weighted by molar-refractivity contribution is 6.31. The van der Waals surface area contributed by atoms with Crippen LogP contribution in [0.1, 0.15) is 13.3 Å². The molecule has 0 fully saturated rings. The third-order valence-corrected chi connectivity index (χ3v) is 4.52. The van der Waals surface area contributed by atoms with Crippen molar-refractivity contribution in [2.45, 2.75) is 19.9 Å². The molecule has 0 saturated carbocycles. The van der Waals surface area contributed by atoms with Crippen LogP contribution in [0.15, 0.2) is 54.7 Å². The fourth-order valence-corrected chi connectivity index (χ4v) is 3.19. The molecule has 0 aliphatic heterocycles. The lowest BCUT2D eigenvalue weighted by Gasteiger charge is -2.25. The highest BCUT2D eigenvalue weighted by Gasteiger charge is 2.07. The van der Waals surface area contributed by atoms with E-state index < -0.39 is 0 Å². The van der Waals surface area contributed by atoms with E-state index in [0.717, 1.165) is 36.1 Å². The van der Waals surface area contributed by atoms with Gasteiger partial charge in [0.2, 0.25) is 0 Å². The smallest absolute Gasteiger partial charge is 0.0481 e. The fraction of sp³-hybridized carbons (Fsp3) is 0.263. The van der Waals surface area contributed by atoms with E-state index in [1.165, 1.54) is 16.6 Å². The van der Waals surface area contributed by atoms with Gasteiger partial charge in [-0.2, -0.15) is 0 Å². The second-order valence-corrected chi connectivity index (χ2v) is 6.55. The van der Waals surface area contributed by atoms with Crippen molar-refractivity contribution < 1.29 is 0 Å².